The summed E-state index contributed by atoms with van der Waals surface area (Å²) in [6.45, 7) is 3.22. The van der Waals surface area contributed by atoms with Crippen molar-refractivity contribution in [1.29, 1.82) is 0 Å². The number of anilines is 1. The highest BCUT2D eigenvalue weighted by molar-refractivity contribution is 5.95. The van der Waals surface area contributed by atoms with E-state index in [1.165, 1.54) is 30.2 Å². The summed E-state index contributed by atoms with van der Waals surface area (Å²) in [5, 5.41) is 22.4. The number of carbonyl (C=O) groups excluding carboxylic acids is 1. The van der Waals surface area contributed by atoms with Crippen molar-refractivity contribution in [2.45, 2.75) is 0 Å². The topological polar surface area (TPSA) is 113 Å². The van der Waals surface area contributed by atoms with Crippen molar-refractivity contribution in [3.8, 4) is 0 Å². The molecular formula is C13H15N3O5. The van der Waals surface area contributed by atoms with E-state index in [9.17, 15) is 19.7 Å². The van der Waals surface area contributed by atoms with Crippen LogP contribution in [0, 0.1) is 10.1 Å². The van der Waals surface area contributed by atoms with Crippen LogP contribution in [0.2, 0.25) is 0 Å². The standard InChI is InChI=1S/C13H15N3O5/c1-3-6-15(8-12(17)18)10-5-4-9(13(19)14-2)7-11(10)16(20)21/h3-5,7H,1,6,8H2,2H3,(H,14,19)(H,17,18). The molecule has 21 heavy (non-hydrogen) atoms. The van der Waals surface area contributed by atoms with Crippen LogP contribution in [0.15, 0.2) is 30.9 Å². The maximum Gasteiger partial charge on any atom is 0.323 e. The van der Waals surface area contributed by atoms with Gasteiger partial charge in [-0.2, -0.15) is 0 Å². The molecule has 8 heteroatoms. The Labute approximate surface area is 120 Å². The summed E-state index contributed by atoms with van der Waals surface area (Å²) in [7, 11) is 1.41. The van der Waals surface area contributed by atoms with Gasteiger partial charge in [-0.05, 0) is 12.1 Å². The summed E-state index contributed by atoms with van der Waals surface area (Å²) in [4.78, 5) is 34.2. The molecular weight excluding hydrogens is 278 g/mol. The zero-order valence-electron chi connectivity index (χ0n) is 11.4. The summed E-state index contributed by atoms with van der Waals surface area (Å²) in [6.07, 6.45) is 1.44. The zero-order valence-corrected chi connectivity index (χ0v) is 11.4. The second-order valence-electron chi connectivity index (χ2n) is 4.10. The summed E-state index contributed by atoms with van der Waals surface area (Å²) < 4.78 is 0. The first-order valence-corrected chi connectivity index (χ1v) is 5.98. The first kappa shape index (κ1) is 16.2. The van der Waals surface area contributed by atoms with Gasteiger partial charge in [0, 0.05) is 25.2 Å². The molecule has 0 spiro atoms. The Balaban J connectivity index is 3.32. The van der Waals surface area contributed by atoms with E-state index < -0.39 is 23.3 Å². The van der Waals surface area contributed by atoms with Gasteiger partial charge >= 0.3 is 5.97 Å². The quantitative estimate of drug-likeness (QED) is 0.441. The number of hydrogen-bond acceptors (Lipinski definition) is 5. The van der Waals surface area contributed by atoms with Crippen molar-refractivity contribution < 1.29 is 19.6 Å². The number of nitrogens with one attached hydrogen (secondary N) is 1. The number of aliphatic carboxylic acids is 1. The average molecular weight is 293 g/mol. The van der Waals surface area contributed by atoms with Crippen molar-refractivity contribution in [2.75, 3.05) is 25.0 Å². The van der Waals surface area contributed by atoms with Gasteiger partial charge in [-0.1, -0.05) is 6.08 Å². The van der Waals surface area contributed by atoms with E-state index in [-0.39, 0.29) is 23.5 Å². The maximum absolute atomic E-state index is 11.5. The second kappa shape index (κ2) is 7.04. The third kappa shape index (κ3) is 4.03. The highest BCUT2D eigenvalue weighted by atomic mass is 16.6. The van der Waals surface area contributed by atoms with Crippen LogP contribution in [0.1, 0.15) is 10.4 Å². The third-order valence-corrected chi connectivity index (χ3v) is 2.68. The van der Waals surface area contributed by atoms with Crippen molar-refractivity contribution in [3.05, 3.63) is 46.5 Å². The molecule has 112 valence electrons. The molecule has 0 aliphatic heterocycles. The number of benzene rings is 1. The molecule has 0 heterocycles. The lowest BCUT2D eigenvalue weighted by Gasteiger charge is -2.21. The normalized spacial score (nSPS) is 9.76. The largest absolute Gasteiger partial charge is 0.480 e. The number of carboxylic acid groups (broad SMARTS) is 1. The fourth-order valence-electron chi connectivity index (χ4n) is 1.79. The molecule has 0 aliphatic rings. The predicted octanol–water partition coefficient (Wildman–Crippen LogP) is 1.03. The number of nitro benzene ring substituents is 1. The fraction of sp³-hybridized carbons (Fsp3) is 0.231. The molecule has 1 aromatic rings. The molecule has 0 saturated heterocycles. The van der Waals surface area contributed by atoms with E-state index in [1.807, 2.05) is 0 Å². The van der Waals surface area contributed by atoms with Crippen LogP contribution >= 0.6 is 0 Å². The minimum absolute atomic E-state index is 0.120. The van der Waals surface area contributed by atoms with Crippen molar-refractivity contribution in [3.63, 3.8) is 0 Å². The van der Waals surface area contributed by atoms with E-state index in [4.69, 9.17) is 5.11 Å². The number of hydrogen-bond donors (Lipinski definition) is 2. The predicted molar refractivity (Wildman–Crippen MR) is 76.5 cm³/mol. The molecule has 0 bridgehead atoms. The van der Waals surface area contributed by atoms with Crippen molar-refractivity contribution >= 4 is 23.3 Å². The van der Waals surface area contributed by atoms with E-state index in [1.54, 1.807) is 0 Å². The lowest BCUT2D eigenvalue weighted by molar-refractivity contribution is -0.384. The Morgan fingerprint density at radius 2 is 2.19 bits per heavy atom. The summed E-state index contributed by atoms with van der Waals surface area (Å²) in [6, 6.07) is 3.88. The van der Waals surface area contributed by atoms with Gasteiger partial charge in [-0.3, -0.25) is 19.7 Å². The molecule has 1 rings (SSSR count). The van der Waals surface area contributed by atoms with Crippen LogP contribution in [0.3, 0.4) is 0 Å². The zero-order chi connectivity index (χ0) is 16.0. The first-order valence-electron chi connectivity index (χ1n) is 5.98. The molecule has 0 radical (unpaired) electrons. The van der Waals surface area contributed by atoms with Crippen molar-refractivity contribution in [1.82, 2.24) is 5.32 Å². The molecule has 1 aromatic carbocycles. The SMILES string of the molecule is C=CCN(CC(=O)O)c1ccc(C(=O)NC)cc1[N+](=O)[O-]. The lowest BCUT2D eigenvalue weighted by Crippen LogP contribution is -2.30. The molecule has 0 unspecified atom stereocenters. The number of nitrogens with zero attached hydrogens (tertiary/aromatic N) is 2. The highest BCUT2D eigenvalue weighted by Crippen LogP contribution is 2.29. The van der Waals surface area contributed by atoms with Gasteiger partial charge < -0.3 is 15.3 Å². The number of nitro groups is 1. The summed E-state index contributed by atoms with van der Waals surface area (Å²) in [5.74, 6) is -1.58. The summed E-state index contributed by atoms with van der Waals surface area (Å²) in [5.41, 5.74) is -0.0871. The molecule has 0 saturated carbocycles. The minimum atomic E-state index is -1.12. The second-order valence-corrected chi connectivity index (χ2v) is 4.10. The van der Waals surface area contributed by atoms with E-state index >= 15 is 0 Å². The van der Waals surface area contributed by atoms with Gasteiger partial charge in [-0.15, -0.1) is 6.58 Å². The number of carbonyl (C=O) groups is 2. The van der Waals surface area contributed by atoms with Crippen LogP contribution in [0.25, 0.3) is 0 Å². The molecule has 1 amide bonds. The van der Waals surface area contributed by atoms with Gasteiger partial charge in [0.15, 0.2) is 0 Å². The van der Waals surface area contributed by atoms with Crippen LogP contribution in [0.4, 0.5) is 11.4 Å². The van der Waals surface area contributed by atoms with Gasteiger partial charge in [0.1, 0.15) is 12.2 Å². The number of rotatable bonds is 7. The third-order valence-electron chi connectivity index (χ3n) is 2.68. The van der Waals surface area contributed by atoms with Gasteiger partial charge in [0.05, 0.1) is 4.92 Å². The Bertz CT molecular complexity index is 585. The van der Waals surface area contributed by atoms with Crippen LogP contribution in [-0.2, 0) is 4.79 Å². The fourth-order valence-corrected chi connectivity index (χ4v) is 1.79. The van der Waals surface area contributed by atoms with Crippen LogP contribution in [0.5, 0.6) is 0 Å². The van der Waals surface area contributed by atoms with Crippen LogP contribution < -0.4 is 10.2 Å². The highest BCUT2D eigenvalue weighted by Gasteiger charge is 2.22. The van der Waals surface area contributed by atoms with Gasteiger partial charge in [0.25, 0.3) is 11.6 Å². The van der Waals surface area contributed by atoms with E-state index in [0.29, 0.717) is 0 Å². The Hall–Kier alpha value is -2.90. The monoisotopic (exact) mass is 293 g/mol. The molecule has 2 N–H and O–H groups in total. The summed E-state index contributed by atoms with van der Waals surface area (Å²) >= 11 is 0. The Morgan fingerprint density at radius 1 is 1.52 bits per heavy atom. The molecule has 8 nitrogen and oxygen atoms in total. The first-order chi connectivity index (χ1) is 9.90. The molecule has 0 atom stereocenters. The van der Waals surface area contributed by atoms with E-state index in [2.05, 4.69) is 11.9 Å². The molecule has 0 aliphatic carbocycles. The molecule has 0 aromatic heterocycles. The van der Waals surface area contributed by atoms with Gasteiger partial charge in [0.2, 0.25) is 0 Å². The Kier molecular flexibility index (Phi) is 5.41. The minimum Gasteiger partial charge on any atom is -0.480 e. The Morgan fingerprint density at radius 3 is 2.67 bits per heavy atom. The van der Waals surface area contributed by atoms with Crippen LogP contribution in [-0.4, -0.2) is 42.0 Å². The van der Waals surface area contributed by atoms with E-state index in [0.717, 1.165) is 6.07 Å². The smallest absolute Gasteiger partial charge is 0.323 e. The maximum atomic E-state index is 11.5. The lowest BCUT2D eigenvalue weighted by atomic mass is 10.1. The van der Waals surface area contributed by atoms with Crippen molar-refractivity contribution in [2.24, 2.45) is 0 Å². The average Bonchev–Trinajstić information content (AvgIpc) is 2.44. The number of carboxylic acids is 1. The number of amides is 1. The van der Waals surface area contributed by atoms with Gasteiger partial charge in [-0.25, -0.2) is 0 Å². The molecule has 0 fully saturated rings.